The van der Waals surface area contributed by atoms with Crippen LogP contribution >= 0.6 is 0 Å². The maximum Gasteiger partial charge on any atom is 0.209 e. The van der Waals surface area contributed by atoms with Gasteiger partial charge in [0.1, 0.15) is 17.7 Å². The quantitative estimate of drug-likeness (QED) is 0.894. The monoisotopic (exact) mass is 366 g/mol. The molecule has 0 spiro atoms. The first-order valence-electron chi connectivity index (χ1n) is 8.57. The molecule has 0 radical (unpaired) electrons. The van der Waals surface area contributed by atoms with E-state index < -0.39 is 10.0 Å². The molecule has 8 heteroatoms. The van der Waals surface area contributed by atoms with Crippen LogP contribution in [0, 0.1) is 32.6 Å². The van der Waals surface area contributed by atoms with Crippen LogP contribution in [-0.4, -0.2) is 34.8 Å². The second kappa shape index (κ2) is 6.34. The van der Waals surface area contributed by atoms with Gasteiger partial charge in [-0.05, 0) is 39.2 Å². The van der Waals surface area contributed by atoms with Crippen LogP contribution < -0.4 is 5.14 Å². The molecule has 2 aromatic rings. The van der Waals surface area contributed by atoms with Gasteiger partial charge in [0.2, 0.25) is 10.0 Å². The minimum atomic E-state index is -3.49. The van der Waals surface area contributed by atoms with Gasteiger partial charge in [0, 0.05) is 17.0 Å². The number of primary sulfonamides is 1. The number of hydrogen-bond acceptors (Lipinski definition) is 5. The van der Waals surface area contributed by atoms with Crippen molar-refractivity contribution in [2.45, 2.75) is 53.4 Å². The molecule has 1 aliphatic rings. The molecule has 0 amide bonds. The molecule has 3 unspecified atom stereocenters. The summed E-state index contributed by atoms with van der Waals surface area (Å²) in [5.74, 6) is 1.13. The number of nitrogens with two attached hydrogens (primary N) is 1. The molecule has 7 nitrogen and oxygen atoms in total. The van der Waals surface area contributed by atoms with Crippen LogP contribution in [0.2, 0.25) is 0 Å². The molecule has 1 saturated heterocycles. The van der Waals surface area contributed by atoms with Crippen molar-refractivity contribution in [2.75, 3.05) is 5.75 Å². The smallest absolute Gasteiger partial charge is 0.209 e. The van der Waals surface area contributed by atoms with E-state index in [0.717, 1.165) is 28.2 Å². The van der Waals surface area contributed by atoms with E-state index in [2.05, 4.69) is 34.4 Å². The van der Waals surface area contributed by atoms with Crippen molar-refractivity contribution in [3.8, 4) is 0 Å². The second-order valence-corrected chi connectivity index (χ2v) is 8.92. The van der Waals surface area contributed by atoms with Crippen LogP contribution in [0.4, 0.5) is 0 Å². The van der Waals surface area contributed by atoms with Crippen LogP contribution in [0.25, 0.3) is 11.0 Å². The summed E-state index contributed by atoms with van der Waals surface area (Å²) in [5, 5.41) is 6.18. The molecule has 0 bridgehead atoms. The van der Waals surface area contributed by atoms with Gasteiger partial charge in [0.25, 0.3) is 0 Å². The third-order valence-corrected chi connectivity index (χ3v) is 6.12. The van der Waals surface area contributed by atoms with Gasteiger partial charge in [-0.25, -0.2) is 23.5 Å². The number of fused-ring (bicyclic) bond motifs is 1. The average Bonchev–Trinajstić information content (AvgIpc) is 2.95. The molecule has 138 valence electrons. The lowest BCUT2D eigenvalue weighted by atomic mass is 9.91. The predicted molar refractivity (Wildman–Crippen MR) is 96.6 cm³/mol. The van der Waals surface area contributed by atoms with Crippen molar-refractivity contribution in [1.82, 2.24) is 14.5 Å². The van der Waals surface area contributed by atoms with E-state index >= 15 is 0 Å². The summed E-state index contributed by atoms with van der Waals surface area (Å²) in [6.07, 6.45) is 0.0949. The molecular weight excluding hydrogens is 340 g/mol. The molecule has 0 aromatic carbocycles. The summed E-state index contributed by atoms with van der Waals surface area (Å²) in [6, 6.07) is 2.09. The minimum Gasteiger partial charge on any atom is -0.354 e. The van der Waals surface area contributed by atoms with Crippen LogP contribution in [-0.2, 0) is 14.8 Å². The van der Waals surface area contributed by atoms with Crippen LogP contribution in [0.5, 0.6) is 0 Å². The Balaban J connectivity index is 1.97. The Morgan fingerprint density at radius 2 is 1.88 bits per heavy atom. The van der Waals surface area contributed by atoms with Crippen LogP contribution in [0.1, 0.15) is 43.7 Å². The van der Waals surface area contributed by atoms with Crippen LogP contribution in [0.3, 0.4) is 0 Å². The highest BCUT2D eigenvalue weighted by Crippen LogP contribution is 2.42. The summed E-state index contributed by atoms with van der Waals surface area (Å²) in [7, 11) is -3.49. The Morgan fingerprint density at radius 1 is 1.20 bits per heavy atom. The molecule has 25 heavy (non-hydrogen) atoms. The Hall–Kier alpha value is -1.51. The summed E-state index contributed by atoms with van der Waals surface area (Å²) in [5.41, 5.74) is 2.89. The third kappa shape index (κ3) is 3.43. The van der Waals surface area contributed by atoms with Crippen molar-refractivity contribution in [1.29, 1.82) is 0 Å². The first-order chi connectivity index (χ1) is 11.6. The molecule has 1 aliphatic heterocycles. The number of aryl methyl sites for hydroxylation is 3. The fourth-order valence-electron chi connectivity index (χ4n) is 3.76. The first kappa shape index (κ1) is 18.3. The topological polar surface area (TPSA) is 100 Å². The SMILES string of the molecule is Cc1nc(C)c2cc(C)n([C@@H]3OC(CCS(N)(=O)=O)C(C)C3C)c2n1. The Kier molecular flexibility index (Phi) is 4.63. The van der Waals surface area contributed by atoms with Crippen molar-refractivity contribution in [3.05, 3.63) is 23.3 Å². The fourth-order valence-corrected chi connectivity index (χ4v) is 4.32. The zero-order valence-electron chi connectivity index (χ0n) is 15.4. The Bertz CT molecular complexity index is 906. The largest absolute Gasteiger partial charge is 0.354 e. The number of nitrogens with zero attached hydrogens (tertiary/aromatic N) is 3. The van der Waals surface area contributed by atoms with Gasteiger partial charge >= 0.3 is 0 Å². The van der Waals surface area contributed by atoms with E-state index in [1.165, 1.54) is 0 Å². The van der Waals surface area contributed by atoms with Crippen LogP contribution in [0.15, 0.2) is 6.07 Å². The molecule has 4 atom stereocenters. The summed E-state index contributed by atoms with van der Waals surface area (Å²) in [6.45, 7) is 10.1. The summed E-state index contributed by atoms with van der Waals surface area (Å²) in [4.78, 5) is 9.07. The van der Waals surface area contributed by atoms with E-state index in [-0.39, 0.29) is 29.9 Å². The molecule has 2 aromatic heterocycles. The number of hydrogen-bond donors (Lipinski definition) is 1. The number of aromatic nitrogens is 3. The van der Waals surface area contributed by atoms with E-state index in [1.807, 2.05) is 20.8 Å². The maximum atomic E-state index is 11.3. The highest BCUT2D eigenvalue weighted by Gasteiger charge is 2.41. The highest BCUT2D eigenvalue weighted by molar-refractivity contribution is 7.89. The Labute approximate surface area is 148 Å². The highest BCUT2D eigenvalue weighted by atomic mass is 32.2. The van der Waals surface area contributed by atoms with E-state index in [9.17, 15) is 8.42 Å². The normalized spacial score (nSPS) is 27.3. The minimum absolute atomic E-state index is 0.0623. The standard InChI is InChI=1S/C17H26N4O3S/c1-9-8-14-12(4)19-13(5)20-16(14)21(9)17-11(3)10(2)15(24-17)6-7-25(18,22)23/h8,10-11,15,17H,6-7H2,1-5H3,(H2,18,22,23)/t10?,11?,15?,17-/m1/s1. The average molecular weight is 366 g/mol. The summed E-state index contributed by atoms with van der Waals surface area (Å²) < 4.78 is 31.0. The molecule has 0 saturated carbocycles. The first-order valence-corrected chi connectivity index (χ1v) is 10.3. The lowest BCUT2D eigenvalue weighted by Gasteiger charge is -2.21. The zero-order valence-corrected chi connectivity index (χ0v) is 16.2. The number of sulfonamides is 1. The van der Waals surface area contributed by atoms with Gasteiger partial charge in [0.05, 0.1) is 17.6 Å². The lowest BCUT2D eigenvalue weighted by molar-refractivity contribution is -0.0123. The molecular formula is C17H26N4O3S. The Morgan fingerprint density at radius 3 is 2.52 bits per heavy atom. The molecule has 3 heterocycles. The molecule has 1 fully saturated rings. The van der Waals surface area contributed by atoms with Gasteiger partial charge < -0.3 is 9.30 Å². The van der Waals surface area contributed by atoms with Crippen molar-refractivity contribution < 1.29 is 13.2 Å². The van der Waals surface area contributed by atoms with Gasteiger partial charge in [-0.1, -0.05) is 13.8 Å². The summed E-state index contributed by atoms with van der Waals surface area (Å²) >= 11 is 0. The third-order valence-electron chi connectivity index (χ3n) is 5.31. The molecule has 2 N–H and O–H groups in total. The van der Waals surface area contributed by atoms with Gasteiger partial charge in [-0.2, -0.15) is 0 Å². The maximum absolute atomic E-state index is 11.3. The van der Waals surface area contributed by atoms with Gasteiger partial charge in [0.15, 0.2) is 0 Å². The molecule has 3 rings (SSSR count). The van der Waals surface area contributed by atoms with E-state index in [4.69, 9.17) is 9.88 Å². The van der Waals surface area contributed by atoms with Gasteiger partial charge in [-0.3, -0.25) is 0 Å². The molecule has 0 aliphatic carbocycles. The number of ether oxygens (including phenoxy) is 1. The zero-order chi connectivity index (χ0) is 18.5. The van der Waals surface area contributed by atoms with E-state index in [1.54, 1.807) is 0 Å². The van der Waals surface area contributed by atoms with Crippen molar-refractivity contribution >= 4 is 21.1 Å². The van der Waals surface area contributed by atoms with Crippen molar-refractivity contribution in [2.24, 2.45) is 17.0 Å². The fraction of sp³-hybridized carbons (Fsp3) is 0.647. The predicted octanol–water partition coefficient (Wildman–Crippen LogP) is 2.20. The lowest BCUT2D eigenvalue weighted by Crippen LogP contribution is -2.24. The van der Waals surface area contributed by atoms with Crippen molar-refractivity contribution in [3.63, 3.8) is 0 Å². The van der Waals surface area contributed by atoms with Gasteiger partial charge in [-0.15, -0.1) is 0 Å². The van der Waals surface area contributed by atoms with E-state index in [0.29, 0.717) is 6.42 Å². The number of rotatable bonds is 4. The second-order valence-electron chi connectivity index (χ2n) is 7.19.